The molecule has 0 atom stereocenters. The lowest BCUT2D eigenvalue weighted by Crippen LogP contribution is -2.12. The fourth-order valence-corrected chi connectivity index (χ4v) is 2.78. The summed E-state index contributed by atoms with van der Waals surface area (Å²) in [5.41, 5.74) is 2.92. The van der Waals surface area contributed by atoms with E-state index in [1.807, 2.05) is 19.1 Å². The number of rotatable bonds is 6. The minimum absolute atomic E-state index is 0.238. The van der Waals surface area contributed by atoms with Crippen LogP contribution in [0.2, 0.25) is 0 Å². The standard InChI is InChI=1S/C21H21N3O4/c1-4-27-20(25)14-8-6-7-9-17(14)24-18-15-11-10-13(3)23-19(15)22-12-16(18)21(26)28-5-2/h6-12H,4-5H2,1-3H3,(H,22,23,24). The number of anilines is 2. The van der Waals surface area contributed by atoms with E-state index in [9.17, 15) is 9.59 Å². The number of aromatic nitrogens is 2. The van der Waals surface area contributed by atoms with Gasteiger partial charge in [0.05, 0.1) is 30.2 Å². The third kappa shape index (κ3) is 3.93. The Morgan fingerprint density at radius 1 is 0.964 bits per heavy atom. The predicted molar refractivity (Wildman–Crippen MR) is 106 cm³/mol. The molecule has 0 spiro atoms. The summed E-state index contributed by atoms with van der Waals surface area (Å²) in [4.78, 5) is 33.5. The Bertz CT molecular complexity index is 1030. The van der Waals surface area contributed by atoms with Crippen LogP contribution in [0.1, 0.15) is 40.3 Å². The molecule has 0 aliphatic rings. The normalized spacial score (nSPS) is 10.5. The molecule has 1 N–H and O–H groups in total. The summed E-state index contributed by atoms with van der Waals surface area (Å²) in [6.07, 6.45) is 1.43. The summed E-state index contributed by atoms with van der Waals surface area (Å²) >= 11 is 0. The molecular formula is C21H21N3O4. The zero-order valence-electron chi connectivity index (χ0n) is 16.0. The third-order valence-corrected chi connectivity index (χ3v) is 4.05. The highest BCUT2D eigenvalue weighted by Crippen LogP contribution is 2.31. The maximum Gasteiger partial charge on any atom is 0.341 e. The van der Waals surface area contributed by atoms with E-state index in [1.165, 1.54) is 6.20 Å². The predicted octanol–water partition coefficient (Wildman–Crippen LogP) is 4.04. The van der Waals surface area contributed by atoms with Gasteiger partial charge in [0, 0.05) is 17.3 Å². The highest BCUT2D eigenvalue weighted by Gasteiger charge is 2.20. The molecule has 2 heterocycles. The first-order chi connectivity index (χ1) is 13.5. The number of carbonyl (C=O) groups excluding carboxylic acids is 2. The van der Waals surface area contributed by atoms with Crippen molar-refractivity contribution in [3.63, 3.8) is 0 Å². The second kappa shape index (κ2) is 8.47. The van der Waals surface area contributed by atoms with Crippen LogP contribution >= 0.6 is 0 Å². The maximum absolute atomic E-state index is 12.5. The van der Waals surface area contributed by atoms with Crippen LogP contribution in [-0.4, -0.2) is 35.1 Å². The van der Waals surface area contributed by atoms with Gasteiger partial charge < -0.3 is 14.8 Å². The van der Waals surface area contributed by atoms with Crippen LogP contribution in [0.3, 0.4) is 0 Å². The van der Waals surface area contributed by atoms with Crippen LogP contribution in [0.25, 0.3) is 11.0 Å². The van der Waals surface area contributed by atoms with E-state index in [4.69, 9.17) is 9.47 Å². The third-order valence-electron chi connectivity index (χ3n) is 4.05. The molecule has 2 aromatic heterocycles. The molecular weight excluding hydrogens is 358 g/mol. The number of esters is 2. The van der Waals surface area contributed by atoms with Gasteiger partial charge in [0.2, 0.25) is 0 Å². The van der Waals surface area contributed by atoms with Crippen LogP contribution in [0, 0.1) is 6.92 Å². The number of pyridine rings is 2. The molecule has 0 bridgehead atoms. The van der Waals surface area contributed by atoms with Gasteiger partial charge in [-0.3, -0.25) is 0 Å². The lowest BCUT2D eigenvalue weighted by molar-refractivity contribution is 0.0518. The number of fused-ring (bicyclic) bond motifs is 1. The molecule has 28 heavy (non-hydrogen) atoms. The summed E-state index contributed by atoms with van der Waals surface area (Å²) in [7, 11) is 0. The molecule has 144 valence electrons. The largest absolute Gasteiger partial charge is 0.462 e. The SMILES string of the molecule is CCOC(=O)c1ccccc1Nc1c(C(=O)OCC)cnc2nc(C)ccc12. The van der Waals surface area contributed by atoms with Crippen LogP contribution in [0.5, 0.6) is 0 Å². The van der Waals surface area contributed by atoms with Gasteiger partial charge in [-0.15, -0.1) is 0 Å². The molecule has 0 aliphatic heterocycles. The molecule has 0 saturated carbocycles. The number of carbonyl (C=O) groups is 2. The van der Waals surface area contributed by atoms with Crippen molar-refractivity contribution in [1.82, 2.24) is 9.97 Å². The number of aryl methyl sites for hydroxylation is 1. The molecule has 0 unspecified atom stereocenters. The number of ether oxygens (including phenoxy) is 2. The number of para-hydroxylation sites is 1. The Kier molecular flexibility index (Phi) is 5.84. The average Bonchev–Trinajstić information content (AvgIpc) is 2.68. The quantitative estimate of drug-likeness (QED) is 0.647. The Balaban J connectivity index is 2.15. The van der Waals surface area contributed by atoms with Crippen molar-refractivity contribution < 1.29 is 19.1 Å². The van der Waals surface area contributed by atoms with Gasteiger partial charge in [0.1, 0.15) is 5.56 Å². The van der Waals surface area contributed by atoms with Crippen LogP contribution in [0.4, 0.5) is 11.4 Å². The molecule has 0 saturated heterocycles. The number of hydrogen-bond donors (Lipinski definition) is 1. The fourth-order valence-electron chi connectivity index (χ4n) is 2.78. The van der Waals surface area contributed by atoms with Crippen LogP contribution in [-0.2, 0) is 9.47 Å². The first-order valence-corrected chi connectivity index (χ1v) is 9.01. The van der Waals surface area contributed by atoms with Gasteiger partial charge in [-0.1, -0.05) is 12.1 Å². The minimum Gasteiger partial charge on any atom is -0.462 e. The zero-order valence-corrected chi connectivity index (χ0v) is 16.0. The number of nitrogens with zero attached hydrogens (tertiary/aromatic N) is 2. The van der Waals surface area contributed by atoms with E-state index >= 15 is 0 Å². The lowest BCUT2D eigenvalue weighted by Gasteiger charge is -2.16. The summed E-state index contributed by atoms with van der Waals surface area (Å²) in [5, 5.41) is 3.85. The van der Waals surface area contributed by atoms with Gasteiger partial charge in [-0.25, -0.2) is 19.6 Å². The highest BCUT2D eigenvalue weighted by atomic mass is 16.5. The Morgan fingerprint density at radius 2 is 1.64 bits per heavy atom. The van der Waals surface area contributed by atoms with Gasteiger partial charge in [0.25, 0.3) is 0 Å². The second-order valence-corrected chi connectivity index (χ2v) is 5.98. The van der Waals surface area contributed by atoms with Crippen molar-refractivity contribution in [2.24, 2.45) is 0 Å². The van der Waals surface area contributed by atoms with Crippen LogP contribution in [0.15, 0.2) is 42.6 Å². The summed E-state index contributed by atoms with van der Waals surface area (Å²) < 4.78 is 10.3. The lowest BCUT2D eigenvalue weighted by atomic mass is 10.1. The Morgan fingerprint density at radius 3 is 2.36 bits per heavy atom. The van der Waals surface area contributed by atoms with E-state index in [0.29, 0.717) is 28.0 Å². The number of nitrogens with one attached hydrogen (secondary N) is 1. The molecule has 7 heteroatoms. The minimum atomic E-state index is -0.506. The van der Waals surface area contributed by atoms with E-state index < -0.39 is 11.9 Å². The van der Waals surface area contributed by atoms with Crippen molar-refractivity contribution in [2.75, 3.05) is 18.5 Å². The molecule has 0 amide bonds. The smallest absolute Gasteiger partial charge is 0.341 e. The first kappa shape index (κ1) is 19.3. The van der Waals surface area contributed by atoms with E-state index in [2.05, 4.69) is 15.3 Å². The fraction of sp³-hybridized carbons (Fsp3) is 0.238. The summed E-state index contributed by atoms with van der Waals surface area (Å²) in [5.74, 6) is -0.954. The van der Waals surface area contributed by atoms with Gasteiger partial charge in [0.15, 0.2) is 5.65 Å². The molecule has 7 nitrogen and oxygen atoms in total. The monoisotopic (exact) mass is 379 g/mol. The van der Waals surface area contributed by atoms with E-state index in [1.54, 1.807) is 38.1 Å². The summed E-state index contributed by atoms with van der Waals surface area (Å²) in [6, 6.07) is 10.6. The van der Waals surface area contributed by atoms with Crippen molar-refractivity contribution in [3.8, 4) is 0 Å². The molecule has 0 aliphatic carbocycles. The topological polar surface area (TPSA) is 90.4 Å². The van der Waals surface area contributed by atoms with Gasteiger partial charge in [-0.2, -0.15) is 0 Å². The van der Waals surface area contributed by atoms with Crippen LogP contribution < -0.4 is 5.32 Å². The molecule has 0 fully saturated rings. The first-order valence-electron chi connectivity index (χ1n) is 9.01. The van der Waals surface area contributed by atoms with E-state index in [0.717, 1.165) is 5.69 Å². The van der Waals surface area contributed by atoms with Gasteiger partial charge in [-0.05, 0) is 45.0 Å². The van der Waals surface area contributed by atoms with E-state index in [-0.39, 0.29) is 18.8 Å². The van der Waals surface area contributed by atoms with Crippen molar-refractivity contribution in [3.05, 3.63) is 59.4 Å². The highest BCUT2D eigenvalue weighted by molar-refractivity contribution is 6.06. The summed E-state index contributed by atoms with van der Waals surface area (Å²) in [6.45, 7) is 5.85. The van der Waals surface area contributed by atoms with Crippen molar-refractivity contribution >= 4 is 34.3 Å². The molecule has 0 radical (unpaired) electrons. The number of hydrogen-bond acceptors (Lipinski definition) is 7. The molecule has 3 rings (SSSR count). The zero-order chi connectivity index (χ0) is 20.1. The Hall–Kier alpha value is -3.48. The van der Waals surface area contributed by atoms with Gasteiger partial charge >= 0.3 is 11.9 Å². The van der Waals surface area contributed by atoms with Crippen molar-refractivity contribution in [2.45, 2.75) is 20.8 Å². The average molecular weight is 379 g/mol. The maximum atomic E-state index is 12.5. The second-order valence-electron chi connectivity index (χ2n) is 5.98. The van der Waals surface area contributed by atoms with Crippen molar-refractivity contribution in [1.29, 1.82) is 0 Å². The molecule has 1 aromatic carbocycles. The Labute approximate surface area is 162 Å². The number of benzene rings is 1. The molecule has 3 aromatic rings.